The molecule has 10 nitrogen and oxygen atoms in total. The Morgan fingerprint density at radius 2 is 1.19 bits per heavy atom. The molecule has 0 aliphatic rings. The fourth-order valence-corrected chi connectivity index (χ4v) is 3.16. The Labute approximate surface area is 188 Å². The molecule has 11 heteroatoms. The summed E-state index contributed by atoms with van der Waals surface area (Å²) in [6.07, 6.45) is 0. The molecule has 0 aromatic heterocycles. The molecular weight excluding hydrogens is 434 g/mol. The Bertz CT molecular complexity index is 970. The number of carbonyl (C=O) groups is 2. The largest absolute Gasteiger partial charge is 0.378 e. The lowest BCUT2D eigenvalue weighted by Crippen LogP contribution is -2.43. The van der Waals surface area contributed by atoms with E-state index in [1.807, 2.05) is 62.3 Å². The first-order valence-corrected chi connectivity index (χ1v) is 11.4. The third kappa shape index (κ3) is 7.43. The first kappa shape index (κ1) is 25.0. The van der Waals surface area contributed by atoms with Gasteiger partial charge in [-0.15, -0.1) is 0 Å². The number of carbonyl (C=O) groups excluding carboxylic acids is 2. The molecule has 174 valence electrons. The van der Waals surface area contributed by atoms with E-state index in [-0.39, 0.29) is 13.1 Å². The highest BCUT2D eigenvalue weighted by Crippen LogP contribution is 2.29. The molecule has 0 saturated heterocycles. The van der Waals surface area contributed by atoms with E-state index >= 15 is 0 Å². The lowest BCUT2D eigenvalue weighted by molar-refractivity contribution is -0.119. The highest BCUT2D eigenvalue weighted by molar-refractivity contribution is 7.85. The lowest BCUT2D eigenvalue weighted by Gasteiger charge is -2.25. The number of hydrogen-bond acceptors (Lipinski definition) is 6. The van der Waals surface area contributed by atoms with Crippen LogP contribution in [-0.4, -0.2) is 71.9 Å². The quantitative estimate of drug-likeness (QED) is 0.484. The molecule has 0 atom stereocenters. The van der Waals surface area contributed by atoms with Crippen molar-refractivity contribution >= 4 is 44.8 Å². The molecule has 2 rings (SSSR count). The topological polar surface area (TPSA) is 122 Å². The molecule has 0 spiro atoms. The van der Waals surface area contributed by atoms with Gasteiger partial charge in [-0.05, 0) is 48.5 Å². The van der Waals surface area contributed by atoms with E-state index in [0.29, 0.717) is 11.4 Å². The van der Waals surface area contributed by atoms with E-state index in [1.54, 1.807) is 24.3 Å². The van der Waals surface area contributed by atoms with E-state index in [2.05, 4.69) is 10.6 Å². The summed E-state index contributed by atoms with van der Waals surface area (Å²) in [7, 11) is 3.49. The number of nitrogens with zero attached hydrogens (tertiary/aromatic N) is 3. The van der Waals surface area contributed by atoms with Gasteiger partial charge in [0.25, 0.3) is 10.1 Å². The van der Waals surface area contributed by atoms with Crippen molar-refractivity contribution < 1.29 is 22.6 Å². The molecule has 0 unspecified atom stereocenters. The Hall–Kier alpha value is -3.31. The molecule has 0 heterocycles. The van der Waals surface area contributed by atoms with Crippen LogP contribution in [0, 0.1) is 0 Å². The zero-order valence-corrected chi connectivity index (χ0v) is 19.4. The minimum absolute atomic E-state index is 0.255. The van der Waals surface area contributed by atoms with Crippen molar-refractivity contribution in [1.29, 1.82) is 0 Å². The minimum Gasteiger partial charge on any atom is -0.378 e. The van der Waals surface area contributed by atoms with Crippen molar-refractivity contribution in [2.24, 2.45) is 0 Å². The first-order valence-electron chi connectivity index (χ1n) is 9.82. The van der Waals surface area contributed by atoms with Crippen LogP contribution in [0.5, 0.6) is 0 Å². The summed E-state index contributed by atoms with van der Waals surface area (Å²) in [6, 6.07) is 14.2. The molecule has 2 aromatic carbocycles. The third-order valence-electron chi connectivity index (χ3n) is 4.53. The van der Waals surface area contributed by atoms with Crippen molar-refractivity contribution in [3.63, 3.8) is 0 Å². The van der Waals surface area contributed by atoms with Gasteiger partial charge in [0.1, 0.15) is 0 Å². The van der Waals surface area contributed by atoms with E-state index in [4.69, 9.17) is 4.55 Å². The maximum absolute atomic E-state index is 13.0. The van der Waals surface area contributed by atoms with E-state index < -0.39 is 27.8 Å². The Kier molecular flexibility index (Phi) is 8.44. The van der Waals surface area contributed by atoms with Crippen molar-refractivity contribution in [2.75, 3.05) is 61.7 Å². The van der Waals surface area contributed by atoms with Crippen LogP contribution in [0.15, 0.2) is 48.5 Å². The third-order valence-corrected chi connectivity index (χ3v) is 5.25. The number of amides is 3. The van der Waals surface area contributed by atoms with Crippen LogP contribution < -0.4 is 25.3 Å². The predicted octanol–water partition coefficient (Wildman–Crippen LogP) is 1.67. The average molecular weight is 464 g/mol. The molecule has 0 aliphatic heterocycles. The number of urea groups is 1. The van der Waals surface area contributed by atoms with E-state index in [1.165, 1.54) is 4.90 Å². The van der Waals surface area contributed by atoms with Gasteiger partial charge in [-0.2, -0.15) is 8.42 Å². The molecule has 2 aromatic rings. The summed E-state index contributed by atoms with van der Waals surface area (Å²) in [5, 5.41) is 4.87. The van der Waals surface area contributed by atoms with Crippen LogP contribution in [-0.2, 0) is 14.9 Å². The van der Waals surface area contributed by atoms with Gasteiger partial charge in [0.2, 0.25) is 5.91 Å². The van der Waals surface area contributed by atoms with Crippen molar-refractivity contribution in [3.05, 3.63) is 48.5 Å². The summed E-state index contributed by atoms with van der Waals surface area (Å²) in [5.74, 6) is -1.18. The molecule has 0 saturated carbocycles. The second-order valence-electron chi connectivity index (χ2n) is 7.45. The normalized spacial score (nSPS) is 10.9. The van der Waals surface area contributed by atoms with Crippen LogP contribution in [0.4, 0.5) is 27.5 Å². The predicted molar refractivity (Wildman–Crippen MR) is 127 cm³/mol. The molecule has 0 radical (unpaired) electrons. The van der Waals surface area contributed by atoms with Crippen LogP contribution in [0.3, 0.4) is 0 Å². The summed E-state index contributed by atoms with van der Waals surface area (Å²) in [6.45, 7) is -0.610. The van der Waals surface area contributed by atoms with Crippen LogP contribution >= 0.6 is 0 Å². The number of anilines is 4. The summed E-state index contributed by atoms with van der Waals surface area (Å²) in [5.41, 5.74) is 3.15. The van der Waals surface area contributed by atoms with Crippen molar-refractivity contribution in [2.45, 2.75) is 0 Å². The van der Waals surface area contributed by atoms with E-state index in [0.717, 1.165) is 11.4 Å². The van der Waals surface area contributed by atoms with Crippen molar-refractivity contribution in [1.82, 2.24) is 10.6 Å². The number of nitrogens with one attached hydrogen (secondary N) is 2. The molecular formula is C21H29N5O5S. The molecule has 0 aliphatic carbocycles. The first-order chi connectivity index (χ1) is 15.0. The Balaban J connectivity index is 2.18. The van der Waals surface area contributed by atoms with Crippen molar-refractivity contribution in [3.8, 4) is 0 Å². The number of rotatable bonds is 9. The van der Waals surface area contributed by atoms with Gasteiger partial charge in [0, 0.05) is 46.1 Å². The summed E-state index contributed by atoms with van der Waals surface area (Å²) in [4.78, 5) is 30.3. The minimum atomic E-state index is -4.17. The zero-order valence-electron chi connectivity index (χ0n) is 18.6. The molecule has 0 bridgehead atoms. The summed E-state index contributed by atoms with van der Waals surface area (Å²) < 4.78 is 30.2. The zero-order chi connectivity index (χ0) is 23.9. The monoisotopic (exact) mass is 463 g/mol. The SMILES string of the molecule is CN(C)c1ccc(N(C(=O)NCC(=O)NCCS(=O)(=O)O)c2ccc(N(C)C)cc2)cc1. The second-order valence-corrected chi connectivity index (χ2v) is 9.02. The lowest BCUT2D eigenvalue weighted by atomic mass is 10.2. The smallest absolute Gasteiger partial charge is 0.326 e. The molecule has 3 N–H and O–H groups in total. The van der Waals surface area contributed by atoms with Gasteiger partial charge in [0.15, 0.2) is 0 Å². The van der Waals surface area contributed by atoms with Gasteiger partial charge < -0.3 is 20.4 Å². The highest BCUT2D eigenvalue weighted by Gasteiger charge is 2.19. The number of benzene rings is 2. The maximum Gasteiger partial charge on any atom is 0.326 e. The number of hydrogen-bond donors (Lipinski definition) is 3. The van der Waals surface area contributed by atoms with Crippen LogP contribution in [0.1, 0.15) is 0 Å². The second kappa shape index (κ2) is 10.8. The fourth-order valence-electron chi connectivity index (χ4n) is 2.80. The fraction of sp³-hybridized carbons (Fsp3) is 0.333. The van der Waals surface area contributed by atoms with Crippen LogP contribution in [0.2, 0.25) is 0 Å². The Morgan fingerprint density at radius 1 is 0.781 bits per heavy atom. The standard InChI is InChI=1S/C21H29N5O5S/c1-24(2)16-5-9-18(10-6-16)26(19-11-7-17(8-12-19)25(3)4)21(28)23-15-20(27)22-13-14-32(29,30)31/h5-12H,13-15H2,1-4H3,(H,22,27)(H,23,28)(H,29,30,31). The van der Waals surface area contributed by atoms with Gasteiger partial charge in [-0.3, -0.25) is 14.2 Å². The van der Waals surface area contributed by atoms with Gasteiger partial charge >= 0.3 is 6.03 Å². The Morgan fingerprint density at radius 3 is 1.56 bits per heavy atom. The van der Waals surface area contributed by atoms with Gasteiger partial charge in [0.05, 0.1) is 23.7 Å². The molecule has 32 heavy (non-hydrogen) atoms. The van der Waals surface area contributed by atoms with Crippen LogP contribution in [0.25, 0.3) is 0 Å². The molecule has 0 fully saturated rings. The summed E-state index contributed by atoms with van der Waals surface area (Å²) >= 11 is 0. The maximum atomic E-state index is 13.0. The van der Waals surface area contributed by atoms with Gasteiger partial charge in [-0.1, -0.05) is 0 Å². The average Bonchev–Trinajstić information content (AvgIpc) is 2.72. The van der Waals surface area contributed by atoms with E-state index in [9.17, 15) is 18.0 Å². The van der Waals surface area contributed by atoms with Gasteiger partial charge in [-0.25, -0.2) is 4.79 Å². The molecule has 3 amide bonds. The highest BCUT2D eigenvalue weighted by atomic mass is 32.2.